The second-order valence-corrected chi connectivity index (χ2v) is 9.35. The van der Waals surface area contributed by atoms with E-state index in [-0.39, 0.29) is 5.43 Å². The van der Waals surface area contributed by atoms with Crippen LogP contribution in [-0.2, 0) is 12.2 Å². The summed E-state index contributed by atoms with van der Waals surface area (Å²) in [7, 11) is 0. The molecule has 0 aliphatic heterocycles. The number of fused-ring (bicyclic) bond motifs is 1. The maximum atomic E-state index is 12.3. The molecule has 7 heteroatoms. The summed E-state index contributed by atoms with van der Waals surface area (Å²) in [5, 5.41) is 2.03. The summed E-state index contributed by atoms with van der Waals surface area (Å²) in [6.07, 6.45) is 5.09. The van der Waals surface area contributed by atoms with Crippen molar-refractivity contribution in [2.45, 2.75) is 44.4 Å². The molecule has 3 heterocycles. The van der Waals surface area contributed by atoms with Gasteiger partial charge >= 0.3 is 0 Å². The van der Waals surface area contributed by atoms with Gasteiger partial charge in [-0.15, -0.1) is 11.3 Å². The maximum absolute atomic E-state index is 12.3. The number of aromatic amines is 1. The standard InChI is InChI=1S/C24H25N3O2S2/c1-4-10-29-19-12-25-17(11-18(19)28)13-30-23-22-21(16-8-6-15(3)7-9-16)20(5-2)31-24(22)27-14-26-23/h6-9,11-12,14H,4-5,10,13H2,1-3H3,(H,25,28). The lowest BCUT2D eigenvalue weighted by Gasteiger charge is -2.08. The number of nitrogens with zero attached hydrogens (tertiary/aromatic N) is 2. The van der Waals surface area contributed by atoms with Crippen molar-refractivity contribution >= 4 is 33.3 Å². The number of thioether (sulfide) groups is 1. The molecule has 1 N–H and O–H groups in total. The first kappa shape index (κ1) is 21.6. The Labute approximate surface area is 189 Å². The molecule has 0 bridgehead atoms. The quantitative estimate of drug-likeness (QED) is 0.263. The number of ether oxygens (including phenoxy) is 1. The van der Waals surface area contributed by atoms with Crippen LogP contribution in [-0.4, -0.2) is 21.6 Å². The van der Waals surface area contributed by atoms with Gasteiger partial charge in [-0.05, 0) is 25.3 Å². The Balaban J connectivity index is 1.67. The minimum absolute atomic E-state index is 0.0974. The smallest absolute Gasteiger partial charge is 0.223 e. The molecule has 160 valence electrons. The van der Waals surface area contributed by atoms with Crippen molar-refractivity contribution in [3.8, 4) is 16.9 Å². The first-order valence-corrected chi connectivity index (χ1v) is 12.2. The Morgan fingerprint density at radius 3 is 2.68 bits per heavy atom. The van der Waals surface area contributed by atoms with E-state index in [2.05, 4.69) is 53.1 Å². The molecule has 0 atom stereocenters. The van der Waals surface area contributed by atoms with E-state index >= 15 is 0 Å². The summed E-state index contributed by atoms with van der Waals surface area (Å²) in [5.74, 6) is 0.979. The third-order valence-corrected chi connectivity index (χ3v) is 7.23. The molecule has 0 saturated heterocycles. The van der Waals surface area contributed by atoms with E-state index in [0.29, 0.717) is 18.1 Å². The number of nitrogens with one attached hydrogen (secondary N) is 1. The van der Waals surface area contributed by atoms with Crippen LogP contribution in [0.2, 0.25) is 0 Å². The van der Waals surface area contributed by atoms with E-state index in [1.165, 1.54) is 21.6 Å². The van der Waals surface area contributed by atoms with Crippen molar-refractivity contribution in [2.75, 3.05) is 6.61 Å². The molecular weight excluding hydrogens is 426 g/mol. The van der Waals surface area contributed by atoms with Gasteiger partial charge in [-0.3, -0.25) is 4.79 Å². The van der Waals surface area contributed by atoms with Gasteiger partial charge in [0.1, 0.15) is 16.2 Å². The Kier molecular flexibility index (Phi) is 6.73. The highest BCUT2D eigenvalue weighted by Gasteiger charge is 2.18. The molecule has 4 rings (SSSR count). The highest BCUT2D eigenvalue weighted by molar-refractivity contribution is 7.98. The molecular formula is C24H25N3O2S2. The van der Waals surface area contributed by atoms with Gasteiger partial charge in [0.15, 0.2) is 5.75 Å². The maximum Gasteiger partial charge on any atom is 0.223 e. The number of aromatic nitrogens is 3. The first-order chi connectivity index (χ1) is 15.1. The second kappa shape index (κ2) is 9.66. The van der Waals surface area contributed by atoms with Crippen molar-refractivity contribution in [3.63, 3.8) is 0 Å². The van der Waals surface area contributed by atoms with Crippen LogP contribution in [0.25, 0.3) is 21.3 Å². The monoisotopic (exact) mass is 451 g/mol. The molecule has 0 spiro atoms. The summed E-state index contributed by atoms with van der Waals surface area (Å²) in [6.45, 7) is 6.83. The van der Waals surface area contributed by atoms with Crippen molar-refractivity contribution in [1.82, 2.24) is 15.0 Å². The lowest BCUT2D eigenvalue weighted by molar-refractivity contribution is 0.313. The van der Waals surface area contributed by atoms with Gasteiger partial charge in [-0.25, -0.2) is 9.97 Å². The second-order valence-electron chi connectivity index (χ2n) is 7.30. The predicted molar refractivity (Wildman–Crippen MR) is 129 cm³/mol. The third-order valence-electron chi connectivity index (χ3n) is 4.95. The van der Waals surface area contributed by atoms with Crippen molar-refractivity contribution in [1.29, 1.82) is 0 Å². The number of H-pyrrole nitrogens is 1. The largest absolute Gasteiger partial charge is 0.488 e. The zero-order valence-electron chi connectivity index (χ0n) is 17.9. The predicted octanol–water partition coefficient (Wildman–Crippen LogP) is 6.00. The lowest BCUT2D eigenvalue weighted by Crippen LogP contribution is -2.09. The summed E-state index contributed by atoms with van der Waals surface area (Å²) in [5.41, 5.74) is 4.40. The van der Waals surface area contributed by atoms with Gasteiger partial charge in [0.05, 0.1) is 12.0 Å². The number of rotatable bonds is 8. The molecule has 0 amide bonds. The molecule has 0 unspecified atom stereocenters. The van der Waals surface area contributed by atoms with Crippen LogP contribution in [0.15, 0.2) is 52.7 Å². The molecule has 4 aromatic rings. The third kappa shape index (κ3) is 4.67. The highest BCUT2D eigenvalue weighted by Crippen LogP contribution is 2.42. The van der Waals surface area contributed by atoms with E-state index in [0.717, 1.165) is 33.8 Å². The molecule has 0 radical (unpaired) electrons. The van der Waals surface area contributed by atoms with Gasteiger partial charge in [-0.2, -0.15) is 0 Å². The molecule has 0 aliphatic rings. The van der Waals surface area contributed by atoms with Crippen LogP contribution in [0.1, 0.15) is 36.4 Å². The van der Waals surface area contributed by atoms with E-state index < -0.39 is 0 Å². The van der Waals surface area contributed by atoms with Gasteiger partial charge < -0.3 is 9.72 Å². The van der Waals surface area contributed by atoms with Gasteiger partial charge in [0, 0.05) is 34.2 Å². The zero-order valence-corrected chi connectivity index (χ0v) is 19.5. The van der Waals surface area contributed by atoms with Crippen LogP contribution in [0.4, 0.5) is 0 Å². The molecule has 3 aromatic heterocycles. The number of aryl methyl sites for hydroxylation is 2. The molecule has 0 saturated carbocycles. The number of hydrogen-bond donors (Lipinski definition) is 1. The fourth-order valence-corrected chi connectivity index (χ4v) is 5.48. The number of hydrogen-bond acceptors (Lipinski definition) is 6. The highest BCUT2D eigenvalue weighted by atomic mass is 32.2. The summed E-state index contributed by atoms with van der Waals surface area (Å²) in [6, 6.07) is 10.2. The Morgan fingerprint density at radius 2 is 1.97 bits per heavy atom. The minimum atomic E-state index is -0.0974. The Morgan fingerprint density at radius 1 is 1.16 bits per heavy atom. The minimum Gasteiger partial charge on any atom is -0.488 e. The van der Waals surface area contributed by atoms with E-state index in [4.69, 9.17) is 4.74 Å². The van der Waals surface area contributed by atoms with Gasteiger partial charge in [0.25, 0.3) is 0 Å². The fraction of sp³-hybridized carbons (Fsp3) is 0.292. The Hall–Kier alpha value is -2.64. The van der Waals surface area contributed by atoms with Crippen LogP contribution in [0, 0.1) is 6.92 Å². The number of benzene rings is 1. The lowest BCUT2D eigenvalue weighted by atomic mass is 10.0. The van der Waals surface area contributed by atoms with Crippen LogP contribution in [0.3, 0.4) is 0 Å². The zero-order chi connectivity index (χ0) is 21.8. The molecule has 0 aliphatic carbocycles. The van der Waals surface area contributed by atoms with Crippen LogP contribution in [0.5, 0.6) is 5.75 Å². The van der Waals surface area contributed by atoms with E-state index in [9.17, 15) is 4.79 Å². The van der Waals surface area contributed by atoms with E-state index in [1.54, 1.807) is 41.7 Å². The van der Waals surface area contributed by atoms with E-state index in [1.807, 2.05) is 6.92 Å². The molecule has 1 aromatic carbocycles. The molecule has 31 heavy (non-hydrogen) atoms. The SMILES string of the molecule is CCCOc1c[nH]c(CSc2ncnc3sc(CC)c(-c4ccc(C)cc4)c23)cc1=O. The van der Waals surface area contributed by atoms with Crippen molar-refractivity contribution < 1.29 is 4.74 Å². The van der Waals surface area contributed by atoms with Crippen molar-refractivity contribution in [2.24, 2.45) is 0 Å². The van der Waals surface area contributed by atoms with Crippen molar-refractivity contribution in [3.05, 3.63) is 69.2 Å². The van der Waals surface area contributed by atoms with Crippen LogP contribution < -0.4 is 10.2 Å². The Bertz CT molecular complexity index is 1250. The summed E-state index contributed by atoms with van der Waals surface area (Å²) < 4.78 is 5.48. The number of thiophene rings is 1. The summed E-state index contributed by atoms with van der Waals surface area (Å²) in [4.78, 5) is 26.9. The van der Waals surface area contributed by atoms with Crippen LogP contribution >= 0.6 is 23.1 Å². The average Bonchev–Trinajstić information content (AvgIpc) is 3.17. The normalized spacial score (nSPS) is 11.2. The topological polar surface area (TPSA) is 67.9 Å². The summed E-state index contributed by atoms with van der Waals surface area (Å²) >= 11 is 3.35. The van der Waals surface area contributed by atoms with Gasteiger partial charge in [0.2, 0.25) is 5.43 Å². The van der Waals surface area contributed by atoms with Gasteiger partial charge in [-0.1, -0.05) is 55.4 Å². The first-order valence-electron chi connectivity index (χ1n) is 10.4. The molecule has 5 nitrogen and oxygen atoms in total. The fourth-order valence-electron chi connectivity index (χ4n) is 3.39. The number of pyridine rings is 1. The average molecular weight is 452 g/mol. The molecule has 0 fully saturated rings.